The molecule has 0 aromatic heterocycles. The molecule has 2 N–H and O–H groups in total. The van der Waals surface area contributed by atoms with Crippen molar-refractivity contribution in [1.29, 1.82) is 0 Å². The van der Waals surface area contributed by atoms with Gasteiger partial charge in [0, 0.05) is 25.7 Å². The SMILES string of the molecule is CCOc1ccc(C(CN)Cc2ccc(N(C)C)cc2)cc1OCC. The van der Waals surface area contributed by atoms with Crippen LogP contribution in [0.1, 0.15) is 30.9 Å². The van der Waals surface area contributed by atoms with Crippen molar-refractivity contribution >= 4 is 5.69 Å². The fourth-order valence-corrected chi connectivity index (χ4v) is 2.87. The number of nitrogens with two attached hydrogens (primary N) is 1. The van der Waals surface area contributed by atoms with Gasteiger partial charge in [0.1, 0.15) is 0 Å². The minimum atomic E-state index is 0.250. The van der Waals surface area contributed by atoms with Crippen LogP contribution < -0.4 is 20.1 Å². The molecular formula is C21H30N2O2. The highest BCUT2D eigenvalue weighted by Gasteiger charge is 2.14. The molecule has 0 fully saturated rings. The summed E-state index contributed by atoms with van der Waals surface area (Å²) in [7, 11) is 4.10. The monoisotopic (exact) mass is 342 g/mol. The molecule has 0 radical (unpaired) electrons. The first-order valence-corrected chi connectivity index (χ1v) is 8.94. The maximum absolute atomic E-state index is 6.07. The molecule has 0 saturated heterocycles. The number of hydrogen-bond acceptors (Lipinski definition) is 4. The van der Waals surface area contributed by atoms with Gasteiger partial charge in [0.05, 0.1) is 13.2 Å². The zero-order valence-electron chi connectivity index (χ0n) is 15.8. The van der Waals surface area contributed by atoms with Gasteiger partial charge < -0.3 is 20.1 Å². The van der Waals surface area contributed by atoms with Crippen molar-refractivity contribution < 1.29 is 9.47 Å². The normalized spacial score (nSPS) is 11.9. The Morgan fingerprint density at radius 3 is 2.12 bits per heavy atom. The van der Waals surface area contributed by atoms with Crippen LogP contribution >= 0.6 is 0 Å². The zero-order valence-corrected chi connectivity index (χ0v) is 15.8. The Balaban J connectivity index is 2.20. The maximum Gasteiger partial charge on any atom is 0.161 e. The number of anilines is 1. The highest BCUT2D eigenvalue weighted by Crippen LogP contribution is 2.32. The Morgan fingerprint density at radius 1 is 0.920 bits per heavy atom. The number of rotatable bonds is 9. The lowest BCUT2D eigenvalue weighted by Gasteiger charge is -2.19. The van der Waals surface area contributed by atoms with Crippen molar-refractivity contribution in [2.24, 2.45) is 5.73 Å². The predicted octanol–water partition coefficient (Wildman–Crippen LogP) is 3.84. The van der Waals surface area contributed by atoms with E-state index in [2.05, 4.69) is 41.3 Å². The highest BCUT2D eigenvalue weighted by molar-refractivity contribution is 5.47. The summed E-state index contributed by atoms with van der Waals surface area (Å²) >= 11 is 0. The van der Waals surface area contributed by atoms with Crippen molar-refractivity contribution in [3.8, 4) is 11.5 Å². The summed E-state index contributed by atoms with van der Waals surface area (Å²) in [5, 5.41) is 0. The van der Waals surface area contributed by atoms with Crippen LogP contribution in [0.2, 0.25) is 0 Å². The van der Waals surface area contributed by atoms with E-state index in [0.717, 1.165) is 17.9 Å². The van der Waals surface area contributed by atoms with Crippen LogP contribution in [0.5, 0.6) is 11.5 Å². The predicted molar refractivity (Wildman–Crippen MR) is 105 cm³/mol. The first-order chi connectivity index (χ1) is 12.1. The Hall–Kier alpha value is -2.20. The molecule has 136 valence electrons. The lowest BCUT2D eigenvalue weighted by molar-refractivity contribution is 0.287. The lowest BCUT2D eigenvalue weighted by atomic mass is 9.91. The minimum absolute atomic E-state index is 0.250. The summed E-state index contributed by atoms with van der Waals surface area (Å²) in [5.41, 5.74) is 9.74. The van der Waals surface area contributed by atoms with E-state index in [1.165, 1.54) is 16.8 Å². The van der Waals surface area contributed by atoms with Crippen molar-refractivity contribution in [3.63, 3.8) is 0 Å². The van der Waals surface area contributed by atoms with E-state index in [-0.39, 0.29) is 5.92 Å². The van der Waals surface area contributed by atoms with E-state index in [1.807, 2.05) is 34.0 Å². The molecule has 1 atom stereocenters. The zero-order chi connectivity index (χ0) is 18.2. The van der Waals surface area contributed by atoms with E-state index >= 15 is 0 Å². The van der Waals surface area contributed by atoms with E-state index in [0.29, 0.717) is 19.8 Å². The van der Waals surface area contributed by atoms with Crippen LogP contribution in [-0.4, -0.2) is 33.9 Å². The number of benzene rings is 2. The molecule has 25 heavy (non-hydrogen) atoms. The second kappa shape index (κ2) is 9.33. The topological polar surface area (TPSA) is 47.7 Å². The third-order valence-corrected chi connectivity index (χ3v) is 4.26. The summed E-state index contributed by atoms with van der Waals surface area (Å²) in [4.78, 5) is 2.10. The highest BCUT2D eigenvalue weighted by atomic mass is 16.5. The Labute approximate surface area is 151 Å². The summed E-state index contributed by atoms with van der Waals surface area (Å²) < 4.78 is 11.4. The summed E-state index contributed by atoms with van der Waals surface area (Å²) in [6, 6.07) is 14.8. The Morgan fingerprint density at radius 2 is 1.56 bits per heavy atom. The van der Waals surface area contributed by atoms with E-state index in [1.54, 1.807) is 0 Å². The first-order valence-electron chi connectivity index (χ1n) is 8.94. The van der Waals surface area contributed by atoms with Gasteiger partial charge in [-0.3, -0.25) is 0 Å². The molecule has 2 rings (SSSR count). The fraction of sp³-hybridized carbons (Fsp3) is 0.429. The van der Waals surface area contributed by atoms with E-state index in [9.17, 15) is 0 Å². The quantitative estimate of drug-likeness (QED) is 0.752. The van der Waals surface area contributed by atoms with Crippen molar-refractivity contribution in [3.05, 3.63) is 53.6 Å². The van der Waals surface area contributed by atoms with Crippen LogP contribution in [-0.2, 0) is 6.42 Å². The van der Waals surface area contributed by atoms with E-state index in [4.69, 9.17) is 15.2 Å². The molecule has 4 heteroatoms. The molecule has 0 heterocycles. The van der Waals surface area contributed by atoms with Crippen molar-refractivity contribution in [2.75, 3.05) is 38.8 Å². The van der Waals surface area contributed by atoms with Crippen LogP contribution in [0.3, 0.4) is 0 Å². The van der Waals surface area contributed by atoms with Crippen molar-refractivity contribution in [2.45, 2.75) is 26.2 Å². The minimum Gasteiger partial charge on any atom is -0.490 e. The smallest absolute Gasteiger partial charge is 0.161 e. The molecule has 4 nitrogen and oxygen atoms in total. The van der Waals surface area contributed by atoms with Gasteiger partial charge in [-0.2, -0.15) is 0 Å². The van der Waals surface area contributed by atoms with Gasteiger partial charge in [-0.15, -0.1) is 0 Å². The van der Waals surface area contributed by atoms with Crippen LogP contribution in [0.25, 0.3) is 0 Å². The van der Waals surface area contributed by atoms with Gasteiger partial charge in [-0.1, -0.05) is 18.2 Å². The van der Waals surface area contributed by atoms with Crippen LogP contribution in [0.15, 0.2) is 42.5 Å². The van der Waals surface area contributed by atoms with Gasteiger partial charge >= 0.3 is 0 Å². The Kier molecular flexibility index (Phi) is 7.14. The Bertz CT molecular complexity index is 653. The fourth-order valence-electron chi connectivity index (χ4n) is 2.87. The standard InChI is InChI=1S/C21H30N2O2/c1-5-24-20-12-9-17(14-21(20)25-6-2)18(15-22)13-16-7-10-19(11-8-16)23(3)4/h7-12,14,18H,5-6,13,15,22H2,1-4H3. The van der Waals surface area contributed by atoms with Crippen LogP contribution in [0.4, 0.5) is 5.69 Å². The average molecular weight is 342 g/mol. The molecular weight excluding hydrogens is 312 g/mol. The maximum atomic E-state index is 6.07. The largest absolute Gasteiger partial charge is 0.490 e. The van der Waals surface area contributed by atoms with Gasteiger partial charge in [-0.05, 0) is 62.2 Å². The summed E-state index contributed by atoms with van der Waals surface area (Å²) in [5.74, 6) is 1.84. The summed E-state index contributed by atoms with van der Waals surface area (Å²) in [6.07, 6.45) is 0.907. The lowest BCUT2D eigenvalue weighted by Crippen LogP contribution is -2.15. The third-order valence-electron chi connectivity index (χ3n) is 4.26. The second-order valence-corrected chi connectivity index (χ2v) is 6.27. The molecule has 0 aliphatic carbocycles. The summed E-state index contributed by atoms with van der Waals surface area (Å²) in [6.45, 7) is 5.79. The van der Waals surface area contributed by atoms with Crippen molar-refractivity contribution in [1.82, 2.24) is 0 Å². The third kappa shape index (κ3) is 5.13. The number of nitrogens with zero attached hydrogens (tertiary/aromatic N) is 1. The van der Waals surface area contributed by atoms with Crippen LogP contribution in [0, 0.1) is 0 Å². The molecule has 0 bridgehead atoms. The molecule has 0 spiro atoms. The average Bonchev–Trinajstić information content (AvgIpc) is 2.62. The van der Waals surface area contributed by atoms with Gasteiger partial charge in [0.2, 0.25) is 0 Å². The van der Waals surface area contributed by atoms with Gasteiger partial charge in [0.15, 0.2) is 11.5 Å². The van der Waals surface area contributed by atoms with E-state index < -0.39 is 0 Å². The molecule has 2 aromatic carbocycles. The second-order valence-electron chi connectivity index (χ2n) is 6.27. The molecule has 0 aliphatic heterocycles. The molecule has 0 saturated carbocycles. The molecule has 2 aromatic rings. The van der Waals surface area contributed by atoms with Gasteiger partial charge in [0.25, 0.3) is 0 Å². The molecule has 1 unspecified atom stereocenters. The van der Waals surface area contributed by atoms with Gasteiger partial charge in [-0.25, -0.2) is 0 Å². The number of hydrogen-bond donors (Lipinski definition) is 1. The first kappa shape index (κ1) is 19.1. The number of ether oxygens (including phenoxy) is 2. The molecule has 0 aliphatic rings. The molecule has 0 amide bonds.